The molecule has 0 N–H and O–H groups in total. The minimum Gasteiger partial charge on any atom is -0.468 e. The normalized spacial score (nSPS) is 23.0. The second-order valence-electron chi connectivity index (χ2n) is 4.47. The maximum atomic E-state index is 11.8. The summed E-state index contributed by atoms with van der Waals surface area (Å²) in [7, 11) is 1.28. The molecule has 0 spiro atoms. The Labute approximate surface area is 125 Å². The predicted octanol–water partition coefficient (Wildman–Crippen LogP) is 2.61. The Kier molecular flexibility index (Phi) is 5.09. The van der Waals surface area contributed by atoms with Gasteiger partial charge >= 0.3 is 5.97 Å². The van der Waals surface area contributed by atoms with E-state index in [1.54, 1.807) is 6.08 Å². The van der Waals surface area contributed by atoms with Gasteiger partial charge < -0.3 is 9.47 Å². The van der Waals surface area contributed by atoms with Crippen molar-refractivity contribution in [2.75, 3.05) is 13.7 Å². The molecule has 4 nitrogen and oxygen atoms in total. The van der Waals surface area contributed by atoms with Gasteiger partial charge in [-0.05, 0) is 17.7 Å². The summed E-state index contributed by atoms with van der Waals surface area (Å²) in [5.41, 5.74) is 0.963. The van der Waals surface area contributed by atoms with E-state index in [-0.39, 0.29) is 12.2 Å². The van der Waals surface area contributed by atoms with Gasteiger partial charge in [0.05, 0.1) is 19.8 Å². The van der Waals surface area contributed by atoms with Crippen LogP contribution in [0, 0.1) is 5.92 Å². The molecule has 1 fully saturated rings. The highest BCUT2D eigenvalue weighted by molar-refractivity contribution is 9.10. The predicted molar refractivity (Wildman–Crippen MR) is 78.0 cm³/mol. The maximum absolute atomic E-state index is 11.8. The molecular weight excluding hydrogens is 324 g/mol. The molecule has 0 unspecified atom stereocenters. The Morgan fingerprint density at radius 1 is 1.50 bits per heavy atom. The number of halogens is 1. The summed E-state index contributed by atoms with van der Waals surface area (Å²) < 4.78 is 11.2. The molecule has 1 aromatic rings. The van der Waals surface area contributed by atoms with Gasteiger partial charge in [-0.15, -0.1) is 0 Å². The fourth-order valence-corrected chi connectivity index (χ4v) is 2.52. The highest BCUT2D eigenvalue weighted by atomic mass is 79.9. The van der Waals surface area contributed by atoms with Gasteiger partial charge in [0.1, 0.15) is 5.92 Å². The molecule has 0 saturated carbocycles. The van der Waals surface area contributed by atoms with Crippen LogP contribution in [-0.4, -0.2) is 31.6 Å². The molecule has 0 aliphatic carbocycles. The topological polar surface area (TPSA) is 52.6 Å². The second-order valence-corrected chi connectivity index (χ2v) is 5.38. The highest BCUT2D eigenvalue weighted by Crippen LogP contribution is 2.22. The summed E-state index contributed by atoms with van der Waals surface area (Å²) in [6, 6.07) is 7.71. The van der Waals surface area contributed by atoms with Crippen molar-refractivity contribution in [3.8, 4) is 0 Å². The molecule has 0 radical (unpaired) electrons. The quantitative estimate of drug-likeness (QED) is 0.628. The Hall–Kier alpha value is -1.46. The second kappa shape index (κ2) is 6.81. The first-order valence-corrected chi connectivity index (χ1v) is 7.07. The molecule has 5 heteroatoms. The van der Waals surface area contributed by atoms with Gasteiger partial charge in [-0.2, -0.15) is 0 Å². The minimum absolute atomic E-state index is 0.132. The fourth-order valence-electron chi connectivity index (χ4n) is 2.11. The third kappa shape index (κ3) is 3.55. The summed E-state index contributed by atoms with van der Waals surface area (Å²) in [5, 5.41) is 0. The van der Waals surface area contributed by atoms with Crippen molar-refractivity contribution in [3.63, 3.8) is 0 Å². The molecule has 0 aromatic heterocycles. The molecule has 106 valence electrons. The number of carbonyl (C=O) groups excluding carboxylic acids is 2. The summed E-state index contributed by atoms with van der Waals surface area (Å²) in [6.45, 7) is 0.333. The highest BCUT2D eigenvalue weighted by Gasteiger charge is 2.37. The molecule has 1 aliphatic heterocycles. The number of methoxy groups -OCH3 is 1. The van der Waals surface area contributed by atoms with Gasteiger partial charge in [0.2, 0.25) is 0 Å². The van der Waals surface area contributed by atoms with E-state index in [2.05, 4.69) is 20.7 Å². The van der Waals surface area contributed by atoms with Gasteiger partial charge in [-0.3, -0.25) is 9.59 Å². The molecule has 1 saturated heterocycles. The molecule has 1 heterocycles. The van der Waals surface area contributed by atoms with Crippen molar-refractivity contribution in [3.05, 3.63) is 40.4 Å². The average Bonchev–Trinajstić information content (AvgIpc) is 2.44. The van der Waals surface area contributed by atoms with Crippen molar-refractivity contribution in [1.82, 2.24) is 0 Å². The molecule has 1 aromatic carbocycles. The standard InChI is InChI=1S/C15H15BrO4/c1-19-15(18)14-12(17)7-8-20-13(14)6-5-10-3-2-4-11(16)9-10/h2-6,9,13-14H,7-8H2,1H3/b6-5+/t13-,14+/m1/s1. The Bertz CT molecular complexity index is 530. The number of ketones is 1. The van der Waals surface area contributed by atoms with Crippen LogP contribution in [0.3, 0.4) is 0 Å². The van der Waals surface area contributed by atoms with Gasteiger partial charge in [-0.1, -0.05) is 40.2 Å². The van der Waals surface area contributed by atoms with Gasteiger partial charge in [0.15, 0.2) is 5.78 Å². The van der Waals surface area contributed by atoms with Crippen LogP contribution in [0.15, 0.2) is 34.8 Å². The van der Waals surface area contributed by atoms with E-state index < -0.39 is 18.0 Å². The van der Waals surface area contributed by atoms with Gasteiger partial charge in [0.25, 0.3) is 0 Å². The first-order chi connectivity index (χ1) is 9.61. The van der Waals surface area contributed by atoms with E-state index in [0.717, 1.165) is 10.0 Å². The van der Waals surface area contributed by atoms with Crippen LogP contribution in [0.4, 0.5) is 0 Å². The van der Waals surface area contributed by atoms with Crippen LogP contribution in [0.1, 0.15) is 12.0 Å². The molecule has 0 amide bonds. The summed E-state index contributed by atoms with van der Waals surface area (Å²) in [5.74, 6) is -1.54. The molecule has 2 rings (SSSR count). The lowest BCUT2D eigenvalue weighted by molar-refractivity contribution is -0.158. The van der Waals surface area contributed by atoms with Crippen LogP contribution < -0.4 is 0 Å². The van der Waals surface area contributed by atoms with E-state index in [4.69, 9.17) is 4.74 Å². The molecule has 2 atom stereocenters. The lowest BCUT2D eigenvalue weighted by Gasteiger charge is -2.26. The number of ether oxygens (including phenoxy) is 2. The Morgan fingerprint density at radius 2 is 2.30 bits per heavy atom. The Balaban J connectivity index is 2.17. The lowest BCUT2D eigenvalue weighted by Crippen LogP contribution is -2.41. The number of rotatable bonds is 3. The molecular formula is C15H15BrO4. The third-order valence-electron chi connectivity index (χ3n) is 3.12. The number of esters is 1. The Morgan fingerprint density at radius 3 is 3.00 bits per heavy atom. The SMILES string of the molecule is COC(=O)[C@H]1C(=O)CCO[C@@H]1/C=C/c1cccc(Br)c1. The van der Waals surface area contributed by atoms with E-state index in [1.165, 1.54) is 7.11 Å². The van der Waals surface area contributed by atoms with Crippen molar-refractivity contribution >= 4 is 33.8 Å². The molecule has 20 heavy (non-hydrogen) atoms. The van der Waals surface area contributed by atoms with Crippen molar-refractivity contribution < 1.29 is 19.1 Å². The van der Waals surface area contributed by atoms with Crippen LogP contribution in [0.5, 0.6) is 0 Å². The number of carbonyl (C=O) groups is 2. The van der Waals surface area contributed by atoms with Crippen LogP contribution in [0.2, 0.25) is 0 Å². The van der Waals surface area contributed by atoms with E-state index in [1.807, 2.05) is 30.3 Å². The number of Topliss-reactive ketones (excluding diaryl/α,β-unsaturated/α-hetero) is 1. The molecule has 1 aliphatic rings. The van der Waals surface area contributed by atoms with Crippen LogP contribution in [-0.2, 0) is 19.1 Å². The van der Waals surface area contributed by atoms with Crippen molar-refractivity contribution in [1.29, 1.82) is 0 Å². The third-order valence-corrected chi connectivity index (χ3v) is 3.61. The average molecular weight is 339 g/mol. The summed E-state index contributed by atoms with van der Waals surface area (Å²) in [4.78, 5) is 23.5. The van der Waals surface area contributed by atoms with Crippen LogP contribution in [0.25, 0.3) is 6.08 Å². The summed E-state index contributed by atoms with van der Waals surface area (Å²) in [6.07, 6.45) is 3.26. The smallest absolute Gasteiger partial charge is 0.319 e. The summed E-state index contributed by atoms with van der Waals surface area (Å²) >= 11 is 3.39. The van der Waals surface area contributed by atoms with E-state index >= 15 is 0 Å². The van der Waals surface area contributed by atoms with E-state index in [0.29, 0.717) is 6.61 Å². The van der Waals surface area contributed by atoms with Crippen molar-refractivity contribution in [2.45, 2.75) is 12.5 Å². The first-order valence-electron chi connectivity index (χ1n) is 6.27. The number of benzene rings is 1. The zero-order chi connectivity index (χ0) is 14.5. The first kappa shape index (κ1) is 14.9. The number of hydrogen-bond donors (Lipinski definition) is 0. The molecule has 0 bridgehead atoms. The van der Waals surface area contributed by atoms with Crippen LogP contribution >= 0.6 is 15.9 Å². The van der Waals surface area contributed by atoms with Gasteiger partial charge in [-0.25, -0.2) is 0 Å². The zero-order valence-corrected chi connectivity index (χ0v) is 12.6. The largest absolute Gasteiger partial charge is 0.468 e. The monoisotopic (exact) mass is 338 g/mol. The van der Waals surface area contributed by atoms with E-state index in [9.17, 15) is 9.59 Å². The zero-order valence-electron chi connectivity index (χ0n) is 11.0. The number of hydrogen-bond acceptors (Lipinski definition) is 4. The lowest BCUT2D eigenvalue weighted by atomic mass is 9.92. The minimum atomic E-state index is -0.864. The van der Waals surface area contributed by atoms with Gasteiger partial charge in [0, 0.05) is 10.9 Å². The van der Waals surface area contributed by atoms with Crippen molar-refractivity contribution in [2.24, 2.45) is 5.92 Å². The fraction of sp³-hybridized carbons (Fsp3) is 0.333. The maximum Gasteiger partial charge on any atom is 0.319 e.